The summed E-state index contributed by atoms with van der Waals surface area (Å²) in [5.41, 5.74) is 4.96. The number of nitrogen functional groups attached to an aromatic ring is 1. The summed E-state index contributed by atoms with van der Waals surface area (Å²) in [4.78, 5) is -1.07. The van der Waals surface area contributed by atoms with Crippen molar-refractivity contribution in [1.29, 1.82) is 0 Å². The number of anilines is 1. The number of rotatable bonds is 6. The summed E-state index contributed by atoms with van der Waals surface area (Å²) in [5.74, 6) is -3.66. The highest BCUT2D eigenvalue weighted by Gasteiger charge is 2.25. The van der Waals surface area contributed by atoms with Crippen LogP contribution in [-0.4, -0.2) is 34.1 Å². The Morgan fingerprint density at radius 1 is 1.05 bits per heavy atom. The Morgan fingerprint density at radius 3 is 2.00 bits per heavy atom. The van der Waals surface area contributed by atoms with Crippen LogP contribution in [0.4, 0.5) is 14.5 Å². The maximum absolute atomic E-state index is 13.5. The van der Waals surface area contributed by atoms with Gasteiger partial charge in [-0.25, -0.2) is 25.6 Å². The van der Waals surface area contributed by atoms with Crippen LogP contribution >= 0.6 is 0 Å². The fourth-order valence-electron chi connectivity index (χ4n) is 1.59. The number of sulfone groups is 2. The third-order valence-electron chi connectivity index (χ3n) is 2.64. The molecule has 0 aliphatic carbocycles. The van der Waals surface area contributed by atoms with E-state index in [2.05, 4.69) is 0 Å². The lowest BCUT2D eigenvalue weighted by Crippen LogP contribution is -2.16. The van der Waals surface area contributed by atoms with E-state index < -0.39 is 42.0 Å². The highest BCUT2D eigenvalue weighted by atomic mass is 32.2. The molecular weight excluding hydrogens is 312 g/mol. The van der Waals surface area contributed by atoms with Crippen LogP contribution in [-0.2, 0) is 19.7 Å². The van der Waals surface area contributed by atoms with E-state index in [0.717, 1.165) is 0 Å². The van der Waals surface area contributed by atoms with E-state index in [9.17, 15) is 25.6 Å². The number of nitrogens with two attached hydrogens (primary N) is 1. The summed E-state index contributed by atoms with van der Waals surface area (Å²) in [6, 6.07) is 1.41. The average molecular weight is 327 g/mol. The molecule has 1 aromatic rings. The van der Waals surface area contributed by atoms with Gasteiger partial charge in [0.1, 0.15) is 26.4 Å². The summed E-state index contributed by atoms with van der Waals surface area (Å²) in [6.07, 6.45) is -0.220. The largest absolute Gasteiger partial charge is 0.399 e. The molecule has 114 valence electrons. The van der Waals surface area contributed by atoms with Gasteiger partial charge in [-0.15, -0.1) is 0 Å². The number of benzene rings is 1. The Kier molecular flexibility index (Phi) is 5.09. The van der Waals surface area contributed by atoms with Gasteiger partial charge in [0.2, 0.25) is 0 Å². The van der Waals surface area contributed by atoms with E-state index in [1.165, 1.54) is 6.92 Å². The predicted octanol–water partition coefficient (Wildman–Crippen LogP) is 1.15. The highest BCUT2D eigenvalue weighted by molar-refractivity contribution is 7.92. The summed E-state index contributed by atoms with van der Waals surface area (Å²) in [5, 5.41) is 0. The summed E-state index contributed by atoms with van der Waals surface area (Å²) in [6.45, 7) is 1.43. The molecule has 9 heteroatoms. The van der Waals surface area contributed by atoms with Crippen molar-refractivity contribution in [1.82, 2.24) is 0 Å². The highest BCUT2D eigenvalue weighted by Crippen LogP contribution is 2.23. The van der Waals surface area contributed by atoms with Gasteiger partial charge in [0, 0.05) is 11.4 Å². The Morgan fingerprint density at radius 2 is 1.55 bits per heavy atom. The van der Waals surface area contributed by atoms with E-state index in [1.807, 2.05) is 0 Å². The predicted molar refractivity (Wildman–Crippen MR) is 71.8 cm³/mol. The molecule has 0 saturated carbocycles. The van der Waals surface area contributed by atoms with Crippen molar-refractivity contribution >= 4 is 25.4 Å². The molecule has 0 atom stereocenters. The van der Waals surface area contributed by atoms with E-state index in [-0.39, 0.29) is 23.6 Å². The van der Waals surface area contributed by atoms with Crippen LogP contribution < -0.4 is 5.73 Å². The molecule has 0 fully saturated rings. The first-order valence-corrected chi connectivity index (χ1v) is 9.24. The van der Waals surface area contributed by atoms with Crippen LogP contribution in [0.15, 0.2) is 17.0 Å². The van der Waals surface area contributed by atoms with Crippen LogP contribution in [0.1, 0.15) is 13.3 Å². The smallest absolute Gasteiger partial charge is 0.184 e. The SMILES string of the molecule is CCS(=O)(=O)CCCS(=O)(=O)c1c(F)cc(N)cc1F. The second-order valence-electron chi connectivity index (χ2n) is 4.22. The average Bonchev–Trinajstić information content (AvgIpc) is 2.26. The van der Waals surface area contributed by atoms with Crippen LogP contribution in [0.25, 0.3) is 0 Å². The molecule has 1 aromatic carbocycles. The molecule has 0 radical (unpaired) electrons. The minimum Gasteiger partial charge on any atom is -0.399 e. The quantitative estimate of drug-likeness (QED) is 0.791. The zero-order valence-electron chi connectivity index (χ0n) is 10.8. The lowest BCUT2D eigenvalue weighted by atomic mass is 10.3. The van der Waals surface area contributed by atoms with E-state index in [0.29, 0.717) is 12.1 Å². The van der Waals surface area contributed by atoms with Crippen molar-refractivity contribution in [3.63, 3.8) is 0 Å². The molecule has 0 aliphatic rings. The van der Waals surface area contributed by atoms with Crippen molar-refractivity contribution in [3.05, 3.63) is 23.8 Å². The van der Waals surface area contributed by atoms with Crippen molar-refractivity contribution in [2.24, 2.45) is 0 Å². The zero-order chi connectivity index (χ0) is 15.6. The van der Waals surface area contributed by atoms with Gasteiger partial charge >= 0.3 is 0 Å². The first kappa shape index (κ1) is 16.8. The van der Waals surface area contributed by atoms with Crippen molar-refractivity contribution in [3.8, 4) is 0 Å². The standard InChI is InChI=1S/C11H15F2NO4S2/c1-2-19(15,16)4-3-5-20(17,18)11-9(12)6-8(14)7-10(11)13/h6-7H,2-5,14H2,1H3. The van der Waals surface area contributed by atoms with Gasteiger partial charge in [0.15, 0.2) is 9.84 Å². The summed E-state index contributed by atoms with van der Waals surface area (Å²) in [7, 11) is -7.56. The Labute approximate surface area is 116 Å². The fourth-order valence-corrected chi connectivity index (χ4v) is 4.09. The maximum Gasteiger partial charge on any atom is 0.184 e. The van der Waals surface area contributed by atoms with Gasteiger partial charge < -0.3 is 5.73 Å². The molecule has 0 unspecified atom stereocenters. The molecule has 2 N–H and O–H groups in total. The van der Waals surface area contributed by atoms with Crippen LogP contribution in [0.2, 0.25) is 0 Å². The molecule has 5 nitrogen and oxygen atoms in total. The molecule has 0 spiro atoms. The molecule has 0 saturated heterocycles. The monoisotopic (exact) mass is 327 g/mol. The molecule has 0 bridgehead atoms. The van der Waals surface area contributed by atoms with Gasteiger partial charge in [-0.05, 0) is 18.6 Å². The molecule has 20 heavy (non-hydrogen) atoms. The van der Waals surface area contributed by atoms with Crippen LogP contribution in [0.3, 0.4) is 0 Å². The van der Waals surface area contributed by atoms with Gasteiger partial charge in [-0.1, -0.05) is 6.92 Å². The number of hydrogen-bond donors (Lipinski definition) is 1. The second-order valence-corrected chi connectivity index (χ2v) is 8.74. The fraction of sp³-hybridized carbons (Fsp3) is 0.455. The van der Waals surface area contributed by atoms with E-state index in [4.69, 9.17) is 5.73 Å². The maximum atomic E-state index is 13.5. The van der Waals surface area contributed by atoms with Gasteiger partial charge in [0.25, 0.3) is 0 Å². The van der Waals surface area contributed by atoms with Gasteiger partial charge in [-0.2, -0.15) is 0 Å². The first-order chi connectivity index (χ1) is 9.09. The third-order valence-corrected chi connectivity index (χ3v) is 6.27. The summed E-state index contributed by atoms with van der Waals surface area (Å²) < 4.78 is 73.2. The molecule has 0 aromatic heterocycles. The molecule has 0 amide bonds. The van der Waals surface area contributed by atoms with Crippen molar-refractivity contribution in [2.45, 2.75) is 18.2 Å². The molecule has 0 aliphatic heterocycles. The minimum absolute atomic E-state index is 0.113. The third kappa shape index (κ3) is 4.14. The van der Waals surface area contributed by atoms with E-state index >= 15 is 0 Å². The Bertz CT molecular complexity index is 676. The Hall–Kier alpha value is -1.22. The second kappa shape index (κ2) is 6.04. The zero-order valence-corrected chi connectivity index (χ0v) is 12.4. The normalized spacial score (nSPS) is 12.6. The van der Waals surface area contributed by atoms with Crippen molar-refractivity contribution in [2.75, 3.05) is 23.0 Å². The molecular formula is C11H15F2NO4S2. The lowest BCUT2D eigenvalue weighted by molar-refractivity contribution is 0.520. The Balaban J connectivity index is 2.96. The molecule has 1 rings (SSSR count). The van der Waals surface area contributed by atoms with E-state index in [1.54, 1.807) is 0 Å². The molecule has 0 heterocycles. The summed E-state index contributed by atoms with van der Waals surface area (Å²) >= 11 is 0. The van der Waals surface area contributed by atoms with Crippen molar-refractivity contribution < 1.29 is 25.6 Å². The van der Waals surface area contributed by atoms with Crippen LogP contribution in [0.5, 0.6) is 0 Å². The lowest BCUT2D eigenvalue weighted by Gasteiger charge is -2.08. The minimum atomic E-state index is -4.24. The van der Waals surface area contributed by atoms with Gasteiger partial charge in [0.05, 0.1) is 11.5 Å². The van der Waals surface area contributed by atoms with Crippen LogP contribution in [0, 0.1) is 11.6 Å². The first-order valence-electron chi connectivity index (χ1n) is 5.77. The van der Waals surface area contributed by atoms with Gasteiger partial charge in [-0.3, -0.25) is 0 Å². The number of halogens is 2. The number of hydrogen-bond acceptors (Lipinski definition) is 5. The topological polar surface area (TPSA) is 94.3 Å².